The molecule has 0 unspecified atom stereocenters. The zero-order chi connectivity index (χ0) is 11.4. The topological polar surface area (TPSA) is 54.6 Å². The molecule has 1 N–H and O–H groups in total. The van der Waals surface area contributed by atoms with Crippen molar-refractivity contribution in [3.8, 4) is 0 Å². The Morgan fingerprint density at radius 2 is 2.00 bits per heavy atom. The predicted octanol–water partition coefficient (Wildman–Crippen LogP) is 2.37. The average Bonchev–Trinajstić information content (AvgIpc) is 2.59. The number of aromatic nitrogens is 2. The normalized spacial score (nSPS) is 9.53. The molecule has 0 spiro atoms. The van der Waals surface area contributed by atoms with E-state index in [0.717, 1.165) is 11.3 Å². The van der Waals surface area contributed by atoms with E-state index in [1.54, 1.807) is 28.9 Å². The molecule has 0 amide bonds. The molecule has 2 heterocycles. The van der Waals surface area contributed by atoms with Crippen molar-refractivity contribution in [2.45, 2.75) is 20.8 Å². The van der Waals surface area contributed by atoms with E-state index >= 15 is 0 Å². The molecule has 0 saturated carbocycles. The maximum atomic E-state index is 10.6. The molecule has 0 fully saturated rings. The third-order valence-electron chi connectivity index (χ3n) is 1.82. The fourth-order valence-electron chi connectivity index (χ4n) is 1.25. The first kappa shape index (κ1) is 11.2. The van der Waals surface area contributed by atoms with Crippen LogP contribution in [0.3, 0.4) is 0 Å². The molecule has 0 bridgehead atoms. The highest BCUT2D eigenvalue weighted by molar-refractivity contribution is 5.87. The summed E-state index contributed by atoms with van der Waals surface area (Å²) in [6, 6.07) is 3.24. The van der Waals surface area contributed by atoms with Crippen LogP contribution in [-0.2, 0) is 0 Å². The molecule has 0 aromatic carbocycles. The smallest absolute Gasteiger partial charge is 0.337 e. The number of rotatable bonds is 1. The summed E-state index contributed by atoms with van der Waals surface area (Å²) in [7, 11) is 0. The van der Waals surface area contributed by atoms with Crippen molar-refractivity contribution in [3.63, 3.8) is 0 Å². The number of carbonyl (C=O) groups is 1. The van der Waals surface area contributed by atoms with E-state index in [9.17, 15) is 4.79 Å². The van der Waals surface area contributed by atoms with Gasteiger partial charge in [-0.25, -0.2) is 9.78 Å². The Balaban J connectivity index is 0.000000531. The number of hydrogen-bond acceptors (Lipinski definition) is 2. The molecule has 15 heavy (non-hydrogen) atoms. The number of carboxylic acids is 1. The lowest BCUT2D eigenvalue weighted by molar-refractivity contribution is 0.0696. The standard InChI is InChI=1S/C9H8N2O2.C2H6/c1-6-4-11-5-7(9(12)13)2-3-8(11)10-6;1-2/h2-5H,1H3,(H,12,13);1-2H3. The van der Waals surface area contributed by atoms with Crippen LogP contribution in [0.5, 0.6) is 0 Å². The Kier molecular flexibility index (Phi) is 3.44. The maximum absolute atomic E-state index is 10.6. The number of imidazole rings is 1. The van der Waals surface area contributed by atoms with Gasteiger partial charge in [-0.15, -0.1) is 0 Å². The molecule has 2 aromatic rings. The van der Waals surface area contributed by atoms with Crippen LogP contribution in [0.25, 0.3) is 5.65 Å². The van der Waals surface area contributed by atoms with Gasteiger partial charge >= 0.3 is 5.97 Å². The Morgan fingerprint density at radius 1 is 1.33 bits per heavy atom. The predicted molar refractivity (Wildman–Crippen MR) is 58.2 cm³/mol. The summed E-state index contributed by atoms with van der Waals surface area (Å²) in [4.78, 5) is 14.8. The quantitative estimate of drug-likeness (QED) is 0.779. The van der Waals surface area contributed by atoms with Gasteiger partial charge in [-0.2, -0.15) is 0 Å². The first-order valence-corrected chi connectivity index (χ1v) is 4.85. The van der Waals surface area contributed by atoms with E-state index in [-0.39, 0.29) is 5.56 Å². The molecule has 0 radical (unpaired) electrons. The molecule has 0 aliphatic rings. The minimum atomic E-state index is -0.923. The van der Waals surface area contributed by atoms with Crippen LogP contribution < -0.4 is 0 Å². The Hall–Kier alpha value is -1.84. The zero-order valence-electron chi connectivity index (χ0n) is 9.06. The molecular formula is C11H14N2O2. The van der Waals surface area contributed by atoms with Crippen molar-refractivity contribution in [1.29, 1.82) is 0 Å². The second-order valence-corrected chi connectivity index (χ2v) is 2.87. The van der Waals surface area contributed by atoms with Crippen LogP contribution in [0.15, 0.2) is 24.5 Å². The number of aryl methyl sites for hydroxylation is 1. The molecule has 2 rings (SSSR count). The number of aromatic carboxylic acids is 1. The lowest BCUT2D eigenvalue weighted by Crippen LogP contribution is -1.97. The number of carboxylic acid groups (broad SMARTS) is 1. The van der Waals surface area contributed by atoms with Crippen LogP contribution in [0, 0.1) is 6.92 Å². The summed E-state index contributed by atoms with van der Waals surface area (Å²) in [6.45, 7) is 5.87. The van der Waals surface area contributed by atoms with Crippen LogP contribution in [0.1, 0.15) is 29.9 Å². The summed E-state index contributed by atoms with van der Waals surface area (Å²) in [5, 5.41) is 8.72. The lowest BCUT2D eigenvalue weighted by Gasteiger charge is -1.95. The molecule has 0 aliphatic carbocycles. The van der Waals surface area contributed by atoms with Crippen LogP contribution in [-0.4, -0.2) is 20.5 Å². The molecule has 4 nitrogen and oxygen atoms in total. The minimum Gasteiger partial charge on any atom is -0.478 e. The first-order chi connectivity index (χ1) is 7.16. The van der Waals surface area contributed by atoms with E-state index in [1.165, 1.54) is 0 Å². The van der Waals surface area contributed by atoms with Crippen molar-refractivity contribution in [2.24, 2.45) is 0 Å². The van der Waals surface area contributed by atoms with Gasteiger partial charge < -0.3 is 9.51 Å². The van der Waals surface area contributed by atoms with Gasteiger partial charge in [0.05, 0.1) is 11.3 Å². The molecular weight excluding hydrogens is 192 g/mol. The lowest BCUT2D eigenvalue weighted by atomic mass is 10.3. The van der Waals surface area contributed by atoms with Crippen LogP contribution in [0.2, 0.25) is 0 Å². The number of hydrogen-bond donors (Lipinski definition) is 1. The summed E-state index contributed by atoms with van der Waals surface area (Å²) < 4.78 is 1.71. The van der Waals surface area contributed by atoms with Crippen molar-refractivity contribution in [2.75, 3.05) is 0 Å². The van der Waals surface area contributed by atoms with E-state index in [0.29, 0.717) is 0 Å². The van der Waals surface area contributed by atoms with Crippen molar-refractivity contribution < 1.29 is 9.90 Å². The highest BCUT2D eigenvalue weighted by Gasteiger charge is 2.04. The highest BCUT2D eigenvalue weighted by Crippen LogP contribution is 2.06. The van der Waals surface area contributed by atoms with Gasteiger partial charge in [0, 0.05) is 12.4 Å². The third kappa shape index (κ3) is 2.34. The zero-order valence-corrected chi connectivity index (χ0v) is 9.06. The summed E-state index contributed by atoms with van der Waals surface area (Å²) >= 11 is 0. The fraction of sp³-hybridized carbons (Fsp3) is 0.273. The third-order valence-corrected chi connectivity index (χ3v) is 1.82. The molecule has 80 valence electrons. The summed E-state index contributed by atoms with van der Waals surface area (Å²) in [5.41, 5.74) is 1.91. The number of fused-ring (bicyclic) bond motifs is 1. The Morgan fingerprint density at radius 3 is 2.60 bits per heavy atom. The molecule has 4 heteroatoms. The van der Waals surface area contributed by atoms with E-state index in [1.807, 2.05) is 20.8 Å². The molecule has 2 aromatic heterocycles. The van der Waals surface area contributed by atoms with Gasteiger partial charge in [-0.1, -0.05) is 13.8 Å². The molecule has 0 saturated heterocycles. The second kappa shape index (κ2) is 4.59. The van der Waals surface area contributed by atoms with E-state index in [4.69, 9.17) is 5.11 Å². The van der Waals surface area contributed by atoms with Crippen LogP contribution >= 0.6 is 0 Å². The molecule has 0 atom stereocenters. The minimum absolute atomic E-state index is 0.268. The van der Waals surface area contributed by atoms with Gasteiger partial charge in [-0.05, 0) is 19.1 Å². The number of pyridine rings is 1. The van der Waals surface area contributed by atoms with Crippen molar-refractivity contribution in [1.82, 2.24) is 9.38 Å². The Labute approximate surface area is 88.2 Å². The van der Waals surface area contributed by atoms with Gasteiger partial charge in [-0.3, -0.25) is 0 Å². The second-order valence-electron chi connectivity index (χ2n) is 2.87. The Bertz CT molecular complexity index is 474. The van der Waals surface area contributed by atoms with E-state index in [2.05, 4.69) is 4.98 Å². The van der Waals surface area contributed by atoms with Crippen molar-refractivity contribution >= 4 is 11.6 Å². The fourth-order valence-corrected chi connectivity index (χ4v) is 1.25. The molecule has 0 aliphatic heterocycles. The maximum Gasteiger partial charge on any atom is 0.337 e. The van der Waals surface area contributed by atoms with E-state index < -0.39 is 5.97 Å². The monoisotopic (exact) mass is 206 g/mol. The van der Waals surface area contributed by atoms with Gasteiger partial charge in [0.15, 0.2) is 0 Å². The SMILES string of the molecule is CC.Cc1cn2cc(C(=O)O)ccc2n1. The van der Waals surface area contributed by atoms with Gasteiger partial charge in [0.1, 0.15) is 5.65 Å². The first-order valence-electron chi connectivity index (χ1n) is 4.85. The van der Waals surface area contributed by atoms with Gasteiger partial charge in [0.2, 0.25) is 0 Å². The average molecular weight is 206 g/mol. The van der Waals surface area contributed by atoms with Crippen molar-refractivity contribution in [3.05, 3.63) is 35.8 Å². The summed E-state index contributed by atoms with van der Waals surface area (Å²) in [6.07, 6.45) is 3.35. The number of nitrogens with zero attached hydrogens (tertiary/aromatic N) is 2. The van der Waals surface area contributed by atoms with Gasteiger partial charge in [0.25, 0.3) is 0 Å². The summed E-state index contributed by atoms with van der Waals surface area (Å²) in [5.74, 6) is -0.923. The largest absolute Gasteiger partial charge is 0.478 e. The van der Waals surface area contributed by atoms with Crippen LogP contribution in [0.4, 0.5) is 0 Å². The highest BCUT2D eigenvalue weighted by atomic mass is 16.4.